The van der Waals surface area contributed by atoms with Crippen LogP contribution in [0.4, 0.5) is 0 Å². The molecule has 2 N–H and O–H groups in total. The van der Waals surface area contributed by atoms with E-state index in [0.717, 1.165) is 60.3 Å². The molecule has 6 heteroatoms. The molecule has 0 saturated heterocycles. The van der Waals surface area contributed by atoms with Gasteiger partial charge in [-0.25, -0.2) is 0 Å². The molecule has 224 valence electrons. The number of halogens is 2. The van der Waals surface area contributed by atoms with E-state index in [1.807, 2.05) is 60.7 Å². The molecule has 4 aromatic rings. The first-order valence-corrected chi connectivity index (χ1v) is 15.4. The first kappa shape index (κ1) is 33.5. The van der Waals surface area contributed by atoms with E-state index in [0.29, 0.717) is 12.1 Å². The summed E-state index contributed by atoms with van der Waals surface area (Å²) in [4.78, 5) is 0. The zero-order chi connectivity index (χ0) is 30.2. The summed E-state index contributed by atoms with van der Waals surface area (Å²) in [5.74, 6) is 1.80. The van der Waals surface area contributed by atoms with Crippen LogP contribution < -0.4 is 20.1 Å². The Morgan fingerprint density at radius 3 is 1.36 bits per heavy atom. The van der Waals surface area contributed by atoms with Gasteiger partial charge >= 0.3 is 0 Å². The minimum Gasteiger partial charge on any atom is -0.497 e. The SMILES string of the molecule is COc1cccc([C@@H](C)NCCCc2ccccc2Cl)c1.COc1cccc([C@@H](C)NCCCc2ccccc2Cl)c1. The summed E-state index contributed by atoms with van der Waals surface area (Å²) in [5.41, 5.74) is 4.92. The molecule has 4 aromatic carbocycles. The van der Waals surface area contributed by atoms with Crippen LogP contribution in [0.1, 0.15) is 61.0 Å². The largest absolute Gasteiger partial charge is 0.497 e. The van der Waals surface area contributed by atoms with Crippen LogP contribution in [0.2, 0.25) is 10.0 Å². The lowest BCUT2D eigenvalue weighted by molar-refractivity contribution is 0.413. The van der Waals surface area contributed by atoms with Crippen molar-refractivity contribution in [2.45, 2.75) is 51.6 Å². The molecule has 0 spiro atoms. The second kappa shape index (κ2) is 18.5. The topological polar surface area (TPSA) is 42.5 Å². The summed E-state index contributed by atoms with van der Waals surface area (Å²) in [6.45, 7) is 6.27. The zero-order valence-corrected chi connectivity index (χ0v) is 26.7. The molecule has 0 aliphatic heterocycles. The first-order valence-electron chi connectivity index (χ1n) is 14.6. The van der Waals surface area contributed by atoms with Gasteiger partial charge in [0.2, 0.25) is 0 Å². The van der Waals surface area contributed by atoms with Gasteiger partial charge in [-0.05, 0) is 111 Å². The molecule has 0 radical (unpaired) electrons. The maximum absolute atomic E-state index is 6.16. The van der Waals surface area contributed by atoms with Crippen LogP contribution in [0.3, 0.4) is 0 Å². The molecule has 2 atom stereocenters. The van der Waals surface area contributed by atoms with Crippen LogP contribution >= 0.6 is 23.2 Å². The third-order valence-corrected chi connectivity index (χ3v) is 7.99. The molecule has 0 saturated carbocycles. The van der Waals surface area contributed by atoms with Gasteiger partial charge in [-0.15, -0.1) is 0 Å². The van der Waals surface area contributed by atoms with Gasteiger partial charge in [0.15, 0.2) is 0 Å². The summed E-state index contributed by atoms with van der Waals surface area (Å²) in [6.07, 6.45) is 4.13. The average Bonchev–Trinajstić information content (AvgIpc) is 3.03. The standard InChI is InChI=1S/2C18H22ClNO/c2*1-14(16-8-5-10-17(13-16)21-2)20-12-6-9-15-7-3-4-11-18(15)19/h2*3-5,7-8,10-11,13-14,20H,6,9,12H2,1-2H3/t2*14-/m11/s1. The number of rotatable bonds is 14. The van der Waals surface area contributed by atoms with Crippen molar-refractivity contribution in [2.24, 2.45) is 0 Å². The lowest BCUT2D eigenvalue weighted by Gasteiger charge is -2.15. The predicted molar refractivity (Wildman–Crippen MR) is 178 cm³/mol. The number of benzene rings is 4. The molecule has 0 unspecified atom stereocenters. The lowest BCUT2D eigenvalue weighted by atomic mass is 10.1. The van der Waals surface area contributed by atoms with Crippen LogP contribution in [0.5, 0.6) is 11.5 Å². The van der Waals surface area contributed by atoms with Crippen molar-refractivity contribution in [3.63, 3.8) is 0 Å². The van der Waals surface area contributed by atoms with Gasteiger partial charge in [-0.1, -0.05) is 83.9 Å². The van der Waals surface area contributed by atoms with Crippen molar-refractivity contribution in [3.8, 4) is 11.5 Å². The van der Waals surface area contributed by atoms with E-state index in [-0.39, 0.29) is 0 Å². The van der Waals surface area contributed by atoms with Gasteiger partial charge in [0, 0.05) is 22.1 Å². The number of hydrogen-bond donors (Lipinski definition) is 2. The number of ether oxygens (including phenoxy) is 2. The van der Waals surface area contributed by atoms with Crippen molar-refractivity contribution in [1.29, 1.82) is 0 Å². The van der Waals surface area contributed by atoms with Crippen molar-refractivity contribution < 1.29 is 9.47 Å². The maximum Gasteiger partial charge on any atom is 0.119 e. The Balaban J connectivity index is 0.000000230. The van der Waals surface area contributed by atoms with E-state index in [2.05, 4.69) is 60.9 Å². The smallest absolute Gasteiger partial charge is 0.119 e. The third kappa shape index (κ3) is 11.3. The molecule has 0 heterocycles. The lowest BCUT2D eigenvalue weighted by Crippen LogP contribution is -2.20. The Morgan fingerprint density at radius 1 is 0.571 bits per heavy atom. The quantitative estimate of drug-likeness (QED) is 0.140. The fourth-order valence-corrected chi connectivity index (χ4v) is 5.11. The Labute approximate surface area is 262 Å². The molecule has 0 aliphatic carbocycles. The van der Waals surface area contributed by atoms with Crippen molar-refractivity contribution >= 4 is 23.2 Å². The summed E-state index contributed by atoms with van der Waals surface area (Å²) >= 11 is 12.3. The second-order valence-corrected chi connectivity index (χ2v) is 11.1. The van der Waals surface area contributed by atoms with Crippen LogP contribution in [0.15, 0.2) is 97.1 Å². The normalized spacial score (nSPS) is 12.1. The van der Waals surface area contributed by atoms with Crippen molar-refractivity contribution in [3.05, 3.63) is 129 Å². The highest BCUT2D eigenvalue weighted by atomic mass is 35.5. The Bertz CT molecular complexity index is 1240. The van der Waals surface area contributed by atoms with E-state index in [1.54, 1.807) is 14.2 Å². The highest BCUT2D eigenvalue weighted by molar-refractivity contribution is 6.31. The van der Waals surface area contributed by atoms with Crippen molar-refractivity contribution in [2.75, 3.05) is 27.3 Å². The molecule has 42 heavy (non-hydrogen) atoms. The minimum absolute atomic E-state index is 0.311. The highest BCUT2D eigenvalue weighted by Gasteiger charge is 2.07. The highest BCUT2D eigenvalue weighted by Crippen LogP contribution is 2.21. The van der Waals surface area contributed by atoms with E-state index >= 15 is 0 Å². The Hall–Kier alpha value is -3.02. The summed E-state index contributed by atoms with van der Waals surface area (Å²) < 4.78 is 10.5. The molecule has 4 nitrogen and oxygen atoms in total. The van der Waals surface area contributed by atoms with Gasteiger partial charge in [0.1, 0.15) is 11.5 Å². The number of methoxy groups -OCH3 is 2. The van der Waals surface area contributed by atoms with E-state index in [4.69, 9.17) is 32.7 Å². The maximum atomic E-state index is 6.16. The van der Waals surface area contributed by atoms with E-state index in [1.165, 1.54) is 22.3 Å². The zero-order valence-electron chi connectivity index (χ0n) is 25.2. The molecular weight excluding hydrogens is 563 g/mol. The van der Waals surface area contributed by atoms with Crippen LogP contribution in [-0.4, -0.2) is 27.3 Å². The molecule has 0 amide bonds. The van der Waals surface area contributed by atoms with E-state index in [9.17, 15) is 0 Å². The summed E-state index contributed by atoms with van der Waals surface area (Å²) in [5, 5.41) is 8.80. The molecule has 0 bridgehead atoms. The average molecular weight is 608 g/mol. The van der Waals surface area contributed by atoms with Crippen LogP contribution in [0, 0.1) is 0 Å². The Morgan fingerprint density at radius 2 is 0.976 bits per heavy atom. The van der Waals surface area contributed by atoms with Gasteiger partial charge in [-0.3, -0.25) is 0 Å². The van der Waals surface area contributed by atoms with Gasteiger partial charge in [0.05, 0.1) is 14.2 Å². The second-order valence-electron chi connectivity index (χ2n) is 10.3. The fourth-order valence-electron chi connectivity index (χ4n) is 4.65. The van der Waals surface area contributed by atoms with Crippen LogP contribution in [-0.2, 0) is 12.8 Å². The minimum atomic E-state index is 0.311. The number of aryl methyl sites for hydroxylation is 2. The van der Waals surface area contributed by atoms with E-state index < -0.39 is 0 Å². The molecule has 0 aromatic heterocycles. The first-order chi connectivity index (χ1) is 20.4. The molecular formula is C36H44Cl2N2O2. The summed E-state index contributed by atoms with van der Waals surface area (Å²) in [7, 11) is 3.39. The van der Waals surface area contributed by atoms with Gasteiger partial charge in [0.25, 0.3) is 0 Å². The summed E-state index contributed by atoms with van der Waals surface area (Å²) in [6, 6.07) is 33.1. The Kier molecular flexibility index (Phi) is 14.8. The van der Waals surface area contributed by atoms with Gasteiger partial charge in [-0.2, -0.15) is 0 Å². The predicted octanol–water partition coefficient (Wildman–Crippen LogP) is 9.26. The molecule has 4 rings (SSSR count). The monoisotopic (exact) mass is 606 g/mol. The third-order valence-electron chi connectivity index (χ3n) is 7.25. The number of hydrogen-bond acceptors (Lipinski definition) is 4. The molecule has 0 fully saturated rings. The van der Waals surface area contributed by atoms with Gasteiger partial charge < -0.3 is 20.1 Å². The van der Waals surface area contributed by atoms with Crippen molar-refractivity contribution in [1.82, 2.24) is 10.6 Å². The molecule has 0 aliphatic rings. The number of nitrogens with one attached hydrogen (secondary N) is 2. The van der Waals surface area contributed by atoms with Crippen LogP contribution in [0.25, 0.3) is 0 Å². The fraction of sp³-hybridized carbons (Fsp3) is 0.333.